The zero-order chi connectivity index (χ0) is 12.4. The Hall–Kier alpha value is -1.54. The van der Waals surface area contributed by atoms with Gasteiger partial charge in [-0.25, -0.2) is 4.98 Å². The minimum Gasteiger partial charge on any atom is -0.326 e. The van der Waals surface area contributed by atoms with Gasteiger partial charge in [0.2, 0.25) is 0 Å². The number of aryl methyl sites for hydroxylation is 1. The van der Waals surface area contributed by atoms with Gasteiger partial charge in [0.25, 0.3) is 0 Å². The summed E-state index contributed by atoms with van der Waals surface area (Å²) in [5.41, 5.74) is 2.69. The molecule has 1 aromatic heterocycles. The number of pyridine rings is 1. The van der Waals surface area contributed by atoms with Gasteiger partial charge in [-0.1, -0.05) is 29.8 Å². The van der Waals surface area contributed by atoms with Crippen molar-refractivity contribution in [2.45, 2.75) is 19.3 Å². The molecule has 0 radical (unpaired) electrons. The fourth-order valence-corrected chi connectivity index (χ4v) is 2.57. The highest BCUT2D eigenvalue weighted by Crippen LogP contribution is 2.31. The average molecular weight is 259 g/mol. The Kier molecular flexibility index (Phi) is 3.20. The number of anilines is 2. The maximum Gasteiger partial charge on any atom is 0.133 e. The molecule has 0 unspecified atom stereocenters. The first-order valence-corrected chi connectivity index (χ1v) is 6.69. The topological polar surface area (TPSA) is 16.1 Å². The third kappa shape index (κ3) is 2.21. The molecule has 1 aliphatic rings. The summed E-state index contributed by atoms with van der Waals surface area (Å²) in [5.74, 6) is 0.980. The summed E-state index contributed by atoms with van der Waals surface area (Å²) >= 11 is 5.90. The molecule has 0 amide bonds. The average Bonchev–Trinajstić information content (AvgIpc) is 2.62. The molecule has 0 fully saturated rings. The van der Waals surface area contributed by atoms with Gasteiger partial charge in [-0.2, -0.15) is 0 Å². The van der Waals surface area contributed by atoms with Crippen LogP contribution in [0.1, 0.15) is 18.4 Å². The molecule has 0 saturated heterocycles. The van der Waals surface area contributed by atoms with E-state index in [2.05, 4.69) is 34.1 Å². The summed E-state index contributed by atoms with van der Waals surface area (Å²) in [5, 5.41) is 0.682. The number of benzene rings is 1. The van der Waals surface area contributed by atoms with Crippen molar-refractivity contribution in [2.24, 2.45) is 0 Å². The number of rotatable bonds is 1. The zero-order valence-corrected chi connectivity index (χ0v) is 10.9. The maximum atomic E-state index is 5.90. The fourth-order valence-electron chi connectivity index (χ4n) is 2.46. The van der Waals surface area contributed by atoms with Crippen LogP contribution in [0.5, 0.6) is 0 Å². The lowest BCUT2D eigenvalue weighted by molar-refractivity contribution is 0.758. The van der Waals surface area contributed by atoms with E-state index in [1.807, 2.05) is 12.1 Å². The molecular weight excluding hydrogens is 244 g/mol. The van der Waals surface area contributed by atoms with Gasteiger partial charge < -0.3 is 4.90 Å². The summed E-state index contributed by atoms with van der Waals surface area (Å²) in [7, 11) is 0. The molecule has 2 nitrogen and oxygen atoms in total. The number of fused-ring (bicyclic) bond motifs is 1. The standard InChI is InChI=1S/C15H15ClN2/c16-13-8-9-15(17-11-13)18-10-4-3-6-12-5-1-2-7-14(12)18/h1-2,5,7-9,11H,3-4,6,10H2. The van der Waals surface area contributed by atoms with Crippen molar-refractivity contribution >= 4 is 23.1 Å². The summed E-state index contributed by atoms with van der Waals surface area (Å²) in [6, 6.07) is 12.5. The zero-order valence-electron chi connectivity index (χ0n) is 10.1. The summed E-state index contributed by atoms with van der Waals surface area (Å²) in [6.45, 7) is 1.02. The lowest BCUT2D eigenvalue weighted by atomic mass is 10.1. The summed E-state index contributed by atoms with van der Waals surface area (Å²) < 4.78 is 0. The van der Waals surface area contributed by atoms with Crippen molar-refractivity contribution in [3.63, 3.8) is 0 Å². The van der Waals surface area contributed by atoms with Gasteiger partial charge in [0.15, 0.2) is 0 Å². The smallest absolute Gasteiger partial charge is 0.133 e. The van der Waals surface area contributed by atoms with Crippen molar-refractivity contribution in [1.82, 2.24) is 4.98 Å². The first-order chi connectivity index (χ1) is 8.84. The fraction of sp³-hybridized carbons (Fsp3) is 0.267. The number of aromatic nitrogens is 1. The summed E-state index contributed by atoms with van der Waals surface area (Å²) in [6.07, 6.45) is 5.30. The second-order valence-electron chi connectivity index (χ2n) is 4.57. The van der Waals surface area contributed by atoms with Crippen molar-refractivity contribution < 1.29 is 0 Å². The predicted octanol–water partition coefficient (Wildman–Crippen LogP) is 4.21. The lowest BCUT2D eigenvalue weighted by Gasteiger charge is -2.23. The predicted molar refractivity (Wildman–Crippen MR) is 75.6 cm³/mol. The van der Waals surface area contributed by atoms with Crippen LogP contribution in [0, 0.1) is 0 Å². The Morgan fingerprint density at radius 3 is 2.78 bits per heavy atom. The highest BCUT2D eigenvalue weighted by Gasteiger charge is 2.16. The van der Waals surface area contributed by atoms with Gasteiger partial charge in [-0.15, -0.1) is 0 Å². The number of halogens is 1. The van der Waals surface area contributed by atoms with E-state index >= 15 is 0 Å². The number of hydrogen-bond donors (Lipinski definition) is 0. The van der Waals surface area contributed by atoms with E-state index in [-0.39, 0.29) is 0 Å². The molecule has 0 atom stereocenters. The Bertz CT molecular complexity index is 536. The van der Waals surface area contributed by atoms with Crippen LogP contribution in [0.4, 0.5) is 11.5 Å². The molecule has 0 spiro atoms. The van der Waals surface area contributed by atoms with Crippen LogP contribution in [-0.4, -0.2) is 11.5 Å². The number of hydrogen-bond acceptors (Lipinski definition) is 2. The third-order valence-corrected chi connectivity index (χ3v) is 3.57. The Morgan fingerprint density at radius 2 is 1.94 bits per heavy atom. The van der Waals surface area contributed by atoms with Crippen LogP contribution in [0.25, 0.3) is 0 Å². The van der Waals surface area contributed by atoms with E-state index in [4.69, 9.17) is 11.6 Å². The van der Waals surface area contributed by atoms with Crippen LogP contribution in [0.3, 0.4) is 0 Å². The van der Waals surface area contributed by atoms with Crippen molar-refractivity contribution in [3.05, 3.63) is 53.2 Å². The van der Waals surface area contributed by atoms with Crippen LogP contribution in [0.2, 0.25) is 5.02 Å². The first-order valence-electron chi connectivity index (χ1n) is 6.31. The number of para-hydroxylation sites is 1. The Labute approximate surface area is 112 Å². The molecule has 3 rings (SSSR count). The van der Waals surface area contributed by atoms with Crippen LogP contribution in [-0.2, 0) is 6.42 Å². The molecule has 1 aromatic carbocycles. The third-order valence-electron chi connectivity index (χ3n) is 3.35. The molecule has 2 aromatic rings. The Morgan fingerprint density at radius 1 is 1.06 bits per heavy atom. The monoisotopic (exact) mass is 258 g/mol. The van der Waals surface area contributed by atoms with Gasteiger partial charge in [-0.05, 0) is 43.0 Å². The van der Waals surface area contributed by atoms with Gasteiger partial charge in [0.1, 0.15) is 5.82 Å². The van der Waals surface area contributed by atoms with Gasteiger partial charge >= 0.3 is 0 Å². The molecule has 2 heterocycles. The van der Waals surface area contributed by atoms with Crippen LogP contribution in [0.15, 0.2) is 42.6 Å². The molecule has 92 valence electrons. The van der Waals surface area contributed by atoms with E-state index in [0.29, 0.717) is 5.02 Å². The highest BCUT2D eigenvalue weighted by atomic mass is 35.5. The normalized spacial score (nSPS) is 15.1. The second kappa shape index (κ2) is 4.99. The maximum absolute atomic E-state index is 5.90. The molecule has 0 aliphatic carbocycles. The Balaban J connectivity index is 2.03. The van der Waals surface area contributed by atoms with Crippen molar-refractivity contribution in [2.75, 3.05) is 11.4 Å². The van der Waals surface area contributed by atoms with Crippen molar-refractivity contribution in [3.8, 4) is 0 Å². The minimum atomic E-state index is 0.682. The van der Waals surface area contributed by atoms with E-state index in [0.717, 1.165) is 18.8 Å². The second-order valence-corrected chi connectivity index (χ2v) is 5.01. The SMILES string of the molecule is Clc1ccc(N2CCCCc3ccccc32)nc1. The highest BCUT2D eigenvalue weighted by molar-refractivity contribution is 6.30. The van der Waals surface area contributed by atoms with E-state index in [9.17, 15) is 0 Å². The molecule has 0 N–H and O–H groups in total. The van der Waals surface area contributed by atoms with Gasteiger partial charge in [-0.3, -0.25) is 0 Å². The molecule has 0 bridgehead atoms. The lowest BCUT2D eigenvalue weighted by Crippen LogP contribution is -2.18. The van der Waals surface area contributed by atoms with E-state index in [1.165, 1.54) is 24.1 Å². The molecule has 1 aliphatic heterocycles. The van der Waals surface area contributed by atoms with Crippen molar-refractivity contribution in [1.29, 1.82) is 0 Å². The van der Waals surface area contributed by atoms with E-state index in [1.54, 1.807) is 6.20 Å². The summed E-state index contributed by atoms with van der Waals surface area (Å²) in [4.78, 5) is 6.73. The van der Waals surface area contributed by atoms with Crippen LogP contribution < -0.4 is 4.90 Å². The molecule has 3 heteroatoms. The molecule has 18 heavy (non-hydrogen) atoms. The van der Waals surface area contributed by atoms with E-state index < -0.39 is 0 Å². The van der Waals surface area contributed by atoms with Crippen LogP contribution >= 0.6 is 11.6 Å². The van der Waals surface area contributed by atoms with Gasteiger partial charge in [0.05, 0.1) is 5.02 Å². The molecular formula is C15H15ClN2. The van der Waals surface area contributed by atoms with Gasteiger partial charge in [0, 0.05) is 18.4 Å². The first kappa shape index (κ1) is 11.5. The largest absolute Gasteiger partial charge is 0.326 e. The number of nitrogens with zero attached hydrogens (tertiary/aromatic N) is 2. The quantitative estimate of drug-likeness (QED) is 0.762. The molecule has 0 saturated carbocycles. The minimum absolute atomic E-state index is 0.682.